The van der Waals surface area contributed by atoms with Crippen LogP contribution in [0.4, 0.5) is 0 Å². The van der Waals surface area contributed by atoms with Crippen molar-refractivity contribution in [1.82, 2.24) is 19.8 Å². The molecular weight excluding hydrogens is 352 g/mol. The zero-order valence-corrected chi connectivity index (χ0v) is 16.7. The van der Waals surface area contributed by atoms with Crippen LogP contribution < -0.4 is 0 Å². The molecule has 3 heterocycles. The number of piperazine rings is 1. The Labute approximate surface area is 165 Å². The van der Waals surface area contributed by atoms with E-state index in [4.69, 9.17) is 4.42 Å². The van der Waals surface area contributed by atoms with Crippen LogP contribution in [0.25, 0.3) is 11.1 Å². The average molecular weight is 378 g/mol. The van der Waals surface area contributed by atoms with E-state index in [1.807, 2.05) is 49.2 Å². The van der Waals surface area contributed by atoms with Gasteiger partial charge in [-0.25, -0.2) is 4.98 Å². The Hall–Kier alpha value is -2.73. The van der Waals surface area contributed by atoms with Gasteiger partial charge in [0.25, 0.3) is 5.91 Å². The van der Waals surface area contributed by atoms with Gasteiger partial charge in [-0.3, -0.25) is 14.7 Å². The third-order valence-corrected chi connectivity index (χ3v) is 5.30. The number of fused-ring (bicyclic) bond motifs is 1. The van der Waals surface area contributed by atoms with Gasteiger partial charge in [0.2, 0.25) is 0 Å². The molecule has 0 bridgehead atoms. The molecule has 0 saturated carbocycles. The van der Waals surface area contributed by atoms with Crippen LogP contribution in [-0.4, -0.2) is 51.9 Å². The quantitative estimate of drug-likeness (QED) is 0.694. The lowest BCUT2D eigenvalue weighted by molar-refractivity contribution is 0.0627. The van der Waals surface area contributed by atoms with Gasteiger partial charge >= 0.3 is 0 Å². The summed E-state index contributed by atoms with van der Waals surface area (Å²) in [6.07, 6.45) is 1.84. The van der Waals surface area contributed by atoms with Crippen molar-refractivity contribution in [2.24, 2.45) is 0 Å². The van der Waals surface area contributed by atoms with E-state index >= 15 is 0 Å². The Bertz CT molecular complexity index is 987. The van der Waals surface area contributed by atoms with E-state index in [2.05, 4.69) is 27.9 Å². The van der Waals surface area contributed by atoms with Gasteiger partial charge in [-0.15, -0.1) is 0 Å². The maximum Gasteiger partial charge on any atom is 0.254 e. The molecule has 1 saturated heterocycles. The number of pyridine rings is 1. The Balaban J connectivity index is 1.41. The monoisotopic (exact) mass is 378 g/mol. The van der Waals surface area contributed by atoms with Crippen molar-refractivity contribution < 1.29 is 9.21 Å². The summed E-state index contributed by atoms with van der Waals surface area (Å²) in [4.78, 5) is 26.2. The second-order valence-electron chi connectivity index (χ2n) is 7.72. The van der Waals surface area contributed by atoms with Gasteiger partial charge in [-0.2, -0.15) is 0 Å². The standard InChI is InChI=1S/C22H26N4O2/c1-15(2)21-24-18-13-17(6-7-20(18)28-21)22(27)26-11-9-25(10-12-26)14-19-16(3)5-4-8-23-19/h4-8,13,15H,9-12,14H2,1-3H3. The average Bonchev–Trinajstić information content (AvgIpc) is 3.13. The van der Waals surface area contributed by atoms with E-state index in [0.717, 1.165) is 49.5 Å². The predicted molar refractivity (Wildman–Crippen MR) is 108 cm³/mol. The highest BCUT2D eigenvalue weighted by Gasteiger charge is 2.23. The molecule has 0 aliphatic carbocycles. The zero-order chi connectivity index (χ0) is 19.7. The van der Waals surface area contributed by atoms with Gasteiger partial charge < -0.3 is 9.32 Å². The molecule has 0 atom stereocenters. The molecule has 0 radical (unpaired) electrons. The number of amides is 1. The molecule has 4 rings (SSSR count). The van der Waals surface area contributed by atoms with Crippen LogP contribution >= 0.6 is 0 Å². The number of aryl methyl sites for hydroxylation is 1. The SMILES string of the molecule is Cc1cccnc1CN1CCN(C(=O)c2ccc3oc(C(C)C)nc3c2)CC1. The number of oxazole rings is 1. The molecule has 1 aliphatic rings. The molecular formula is C22H26N4O2. The van der Waals surface area contributed by atoms with Crippen LogP contribution in [0.5, 0.6) is 0 Å². The normalized spacial score (nSPS) is 15.5. The number of hydrogen-bond acceptors (Lipinski definition) is 5. The minimum Gasteiger partial charge on any atom is -0.440 e. The predicted octanol–water partition coefficient (Wildman–Crippen LogP) is 3.61. The number of aromatic nitrogens is 2. The molecule has 146 valence electrons. The van der Waals surface area contributed by atoms with Crippen molar-refractivity contribution in [3.63, 3.8) is 0 Å². The van der Waals surface area contributed by atoms with E-state index in [-0.39, 0.29) is 11.8 Å². The van der Waals surface area contributed by atoms with E-state index in [9.17, 15) is 4.79 Å². The first kappa shape index (κ1) is 18.6. The summed E-state index contributed by atoms with van der Waals surface area (Å²) in [5.41, 5.74) is 4.47. The first-order valence-corrected chi connectivity index (χ1v) is 9.84. The fraction of sp³-hybridized carbons (Fsp3) is 0.409. The number of carbonyl (C=O) groups excluding carboxylic acids is 1. The lowest BCUT2D eigenvalue weighted by Gasteiger charge is -2.34. The summed E-state index contributed by atoms with van der Waals surface area (Å²) in [5.74, 6) is 0.991. The molecule has 1 aliphatic heterocycles. The van der Waals surface area contributed by atoms with Crippen molar-refractivity contribution in [1.29, 1.82) is 0 Å². The molecule has 3 aromatic rings. The first-order chi connectivity index (χ1) is 13.5. The van der Waals surface area contributed by atoms with E-state index in [0.29, 0.717) is 11.5 Å². The second-order valence-corrected chi connectivity index (χ2v) is 7.72. The highest BCUT2D eigenvalue weighted by atomic mass is 16.3. The Morgan fingerprint density at radius 3 is 2.68 bits per heavy atom. The van der Waals surface area contributed by atoms with Crippen LogP contribution in [0.1, 0.15) is 47.3 Å². The van der Waals surface area contributed by atoms with Gasteiger partial charge in [0.15, 0.2) is 11.5 Å². The van der Waals surface area contributed by atoms with Crippen LogP contribution in [-0.2, 0) is 6.54 Å². The summed E-state index contributed by atoms with van der Waals surface area (Å²) in [6, 6.07) is 9.58. The van der Waals surface area contributed by atoms with Crippen LogP contribution in [0, 0.1) is 6.92 Å². The third-order valence-electron chi connectivity index (χ3n) is 5.30. The van der Waals surface area contributed by atoms with Gasteiger partial charge in [0.1, 0.15) is 5.52 Å². The summed E-state index contributed by atoms with van der Waals surface area (Å²) >= 11 is 0. The summed E-state index contributed by atoms with van der Waals surface area (Å²) in [5, 5.41) is 0. The Kier molecular flexibility index (Phi) is 5.13. The second kappa shape index (κ2) is 7.72. The van der Waals surface area contributed by atoms with Crippen LogP contribution in [0.3, 0.4) is 0 Å². The number of rotatable bonds is 4. The third kappa shape index (κ3) is 3.78. The molecule has 1 aromatic carbocycles. The minimum atomic E-state index is 0.0599. The van der Waals surface area contributed by atoms with E-state index in [1.54, 1.807) is 0 Å². The lowest BCUT2D eigenvalue weighted by Crippen LogP contribution is -2.48. The highest BCUT2D eigenvalue weighted by molar-refractivity contribution is 5.97. The Morgan fingerprint density at radius 1 is 1.18 bits per heavy atom. The molecule has 2 aromatic heterocycles. The van der Waals surface area contributed by atoms with E-state index < -0.39 is 0 Å². The lowest BCUT2D eigenvalue weighted by atomic mass is 10.1. The topological polar surface area (TPSA) is 62.5 Å². The zero-order valence-electron chi connectivity index (χ0n) is 16.7. The van der Waals surface area contributed by atoms with Crippen LogP contribution in [0.15, 0.2) is 40.9 Å². The van der Waals surface area contributed by atoms with Crippen molar-refractivity contribution in [3.8, 4) is 0 Å². The molecule has 1 fully saturated rings. The number of carbonyl (C=O) groups is 1. The number of nitrogens with zero attached hydrogens (tertiary/aromatic N) is 4. The van der Waals surface area contributed by atoms with Crippen molar-refractivity contribution in [2.45, 2.75) is 33.2 Å². The van der Waals surface area contributed by atoms with Crippen molar-refractivity contribution in [3.05, 3.63) is 59.2 Å². The molecule has 0 spiro atoms. The fourth-order valence-electron chi connectivity index (χ4n) is 3.51. The Morgan fingerprint density at radius 2 is 1.96 bits per heavy atom. The van der Waals surface area contributed by atoms with Gasteiger partial charge in [0.05, 0.1) is 5.69 Å². The number of benzene rings is 1. The van der Waals surface area contributed by atoms with Crippen molar-refractivity contribution >= 4 is 17.0 Å². The molecule has 6 heteroatoms. The van der Waals surface area contributed by atoms with Crippen molar-refractivity contribution in [2.75, 3.05) is 26.2 Å². The largest absolute Gasteiger partial charge is 0.440 e. The molecule has 0 N–H and O–H groups in total. The summed E-state index contributed by atoms with van der Waals surface area (Å²) in [6.45, 7) is 10.2. The first-order valence-electron chi connectivity index (χ1n) is 9.84. The molecule has 6 nitrogen and oxygen atoms in total. The minimum absolute atomic E-state index is 0.0599. The van der Waals surface area contributed by atoms with E-state index in [1.165, 1.54) is 5.56 Å². The van der Waals surface area contributed by atoms with Gasteiger partial charge in [0, 0.05) is 50.4 Å². The summed E-state index contributed by atoms with van der Waals surface area (Å²) in [7, 11) is 0. The van der Waals surface area contributed by atoms with Crippen LogP contribution in [0.2, 0.25) is 0 Å². The smallest absolute Gasteiger partial charge is 0.254 e. The maximum absolute atomic E-state index is 12.9. The molecule has 1 amide bonds. The summed E-state index contributed by atoms with van der Waals surface area (Å²) < 4.78 is 5.74. The molecule has 0 unspecified atom stereocenters. The van der Waals surface area contributed by atoms with Gasteiger partial charge in [-0.1, -0.05) is 19.9 Å². The van der Waals surface area contributed by atoms with Gasteiger partial charge in [-0.05, 0) is 36.8 Å². The maximum atomic E-state index is 12.9. The molecule has 28 heavy (non-hydrogen) atoms. The number of hydrogen-bond donors (Lipinski definition) is 0. The highest BCUT2D eigenvalue weighted by Crippen LogP contribution is 2.23. The fourth-order valence-corrected chi connectivity index (χ4v) is 3.51.